The van der Waals surface area contributed by atoms with Gasteiger partial charge in [0.15, 0.2) is 0 Å². The van der Waals surface area contributed by atoms with Gasteiger partial charge in [0, 0.05) is 22.1 Å². The molecule has 0 unspecified atom stereocenters. The summed E-state index contributed by atoms with van der Waals surface area (Å²) < 4.78 is 6.36. The first kappa shape index (κ1) is 21.2. The van der Waals surface area contributed by atoms with Crippen LogP contribution in [0.25, 0.3) is 21.5 Å². The number of ether oxygens (including phenoxy) is 1. The summed E-state index contributed by atoms with van der Waals surface area (Å²) in [5.74, 6) is -0.969. The summed E-state index contributed by atoms with van der Waals surface area (Å²) in [5, 5.41) is 22.8. The van der Waals surface area contributed by atoms with Gasteiger partial charge in [0.25, 0.3) is 0 Å². The molecule has 0 bridgehead atoms. The summed E-state index contributed by atoms with van der Waals surface area (Å²) in [6, 6.07) is 25.1. The van der Waals surface area contributed by atoms with Crippen molar-refractivity contribution >= 4 is 45.1 Å². The average Bonchev–Trinajstić information content (AvgIpc) is 2.86. The van der Waals surface area contributed by atoms with Crippen molar-refractivity contribution in [2.45, 2.75) is 5.92 Å². The number of halogens is 1. The van der Waals surface area contributed by atoms with Crippen molar-refractivity contribution < 1.29 is 24.5 Å². The highest BCUT2D eigenvalue weighted by atomic mass is 35.5. The SMILES string of the molecule is O=C(O)c1ccc2c3c(ccc2c1)Oc1ccc2cc(C(=O)O)ccc2c1C3c1ccccc1Cl. The van der Waals surface area contributed by atoms with Gasteiger partial charge in [-0.25, -0.2) is 9.59 Å². The van der Waals surface area contributed by atoms with E-state index in [9.17, 15) is 19.8 Å². The molecule has 5 aromatic carbocycles. The van der Waals surface area contributed by atoms with Gasteiger partial charge in [-0.2, -0.15) is 0 Å². The van der Waals surface area contributed by atoms with Gasteiger partial charge in [0.1, 0.15) is 11.5 Å². The standard InChI is InChI=1S/C29H17ClO5/c30-22-4-2-1-3-21(22)27-25-19-9-5-17(28(31)32)13-15(19)7-11-23(25)35-24-12-8-16-14-18(29(33)34)6-10-20(16)26(24)27/h1-14,27H,(H,31,32)(H,33,34). The molecule has 0 aliphatic carbocycles. The molecule has 35 heavy (non-hydrogen) atoms. The predicted molar refractivity (Wildman–Crippen MR) is 134 cm³/mol. The molecule has 5 nitrogen and oxygen atoms in total. The van der Waals surface area contributed by atoms with Crippen LogP contribution in [0.1, 0.15) is 43.3 Å². The van der Waals surface area contributed by atoms with E-state index in [2.05, 4.69) is 0 Å². The lowest BCUT2D eigenvalue weighted by atomic mass is 9.78. The van der Waals surface area contributed by atoms with E-state index in [1.54, 1.807) is 24.3 Å². The van der Waals surface area contributed by atoms with E-state index in [-0.39, 0.29) is 17.0 Å². The molecule has 0 atom stereocenters. The Hall–Kier alpha value is -4.35. The van der Waals surface area contributed by atoms with Crippen molar-refractivity contribution in [3.05, 3.63) is 118 Å². The highest BCUT2D eigenvalue weighted by molar-refractivity contribution is 6.31. The summed E-state index contributed by atoms with van der Waals surface area (Å²) in [5.41, 5.74) is 3.06. The van der Waals surface area contributed by atoms with Crippen molar-refractivity contribution in [3.63, 3.8) is 0 Å². The Balaban J connectivity index is 1.71. The van der Waals surface area contributed by atoms with Crippen LogP contribution in [0.5, 0.6) is 11.5 Å². The van der Waals surface area contributed by atoms with Crippen LogP contribution in [0, 0.1) is 0 Å². The molecule has 0 amide bonds. The normalized spacial score (nSPS) is 12.7. The number of carboxylic acid groups (broad SMARTS) is 2. The third-order valence-electron chi connectivity index (χ3n) is 6.55. The Labute approximate surface area is 204 Å². The Morgan fingerprint density at radius 1 is 0.686 bits per heavy atom. The second kappa shape index (κ2) is 7.86. The number of benzene rings is 5. The smallest absolute Gasteiger partial charge is 0.335 e. The van der Waals surface area contributed by atoms with Gasteiger partial charge in [0.05, 0.1) is 11.1 Å². The van der Waals surface area contributed by atoms with E-state index in [1.165, 1.54) is 0 Å². The lowest BCUT2D eigenvalue weighted by Crippen LogP contribution is -2.13. The molecule has 5 aromatic rings. The lowest BCUT2D eigenvalue weighted by molar-refractivity contribution is 0.0686. The predicted octanol–water partition coefficient (Wildman–Crippen LogP) is 7.33. The maximum atomic E-state index is 11.6. The Kier molecular flexibility index (Phi) is 4.76. The van der Waals surface area contributed by atoms with E-state index >= 15 is 0 Å². The number of hydrogen-bond acceptors (Lipinski definition) is 3. The largest absolute Gasteiger partial charge is 0.478 e. The quantitative estimate of drug-likeness (QED) is 0.277. The number of rotatable bonds is 3. The lowest BCUT2D eigenvalue weighted by Gasteiger charge is -2.31. The Morgan fingerprint density at radius 3 is 1.69 bits per heavy atom. The first-order valence-electron chi connectivity index (χ1n) is 10.9. The molecule has 0 saturated carbocycles. The molecule has 0 radical (unpaired) electrons. The minimum atomic E-state index is -0.992. The van der Waals surface area contributed by atoms with Crippen LogP contribution in [0.4, 0.5) is 0 Å². The minimum Gasteiger partial charge on any atom is -0.478 e. The topological polar surface area (TPSA) is 83.8 Å². The molecule has 1 aliphatic rings. The van der Waals surface area contributed by atoms with Crippen molar-refractivity contribution in [3.8, 4) is 11.5 Å². The zero-order valence-electron chi connectivity index (χ0n) is 18.2. The molecule has 0 saturated heterocycles. The van der Waals surface area contributed by atoms with Gasteiger partial charge in [0.2, 0.25) is 0 Å². The molecular weight excluding hydrogens is 464 g/mol. The summed E-state index contributed by atoms with van der Waals surface area (Å²) in [4.78, 5) is 23.1. The maximum absolute atomic E-state index is 11.6. The van der Waals surface area contributed by atoms with Crippen LogP contribution in [0.3, 0.4) is 0 Å². The minimum absolute atomic E-state index is 0.204. The molecule has 2 N–H and O–H groups in total. The van der Waals surface area contributed by atoms with Gasteiger partial charge in [-0.3, -0.25) is 0 Å². The molecule has 170 valence electrons. The summed E-state index contributed by atoms with van der Waals surface area (Å²) in [6.07, 6.45) is 0. The van der Waals surface area contributed by atoms with E-state index < -0.39 is 11.9 Å². The van der Waals surface area contributed by atoms with E-state index in [0.29, 0.717) is 16.5 Å². The highest BCUT2D eigenvalue weighted by Gasteiger charge is 2.33. The van der Waals surface area contributed by atoms with Crippen LogP contribution < -0.4 is 4.74 Å². The fraction of sp³-hybridized carbons (Fsp3) is 0.0345. The van der Waals surface area contributed by atoms with Crippen LogP contribution >= 0.6 is 11.6 Å². The third-order valence-corrected chi connectivity index (χ3v) is 6.89. The van der Waals surface area contributed by atoms with Gasteiger partial charge >= 0.3 is 11.9 Å². The molecule has 1 heterocycles. The zero-order chi connectivity index (χ0) is 24.3. The second-order valence-corrected chi connectivity index (χ2v) is 8.90. The van der Waals surface area contributed by atoms with Crippen LogP contribution in [-0.4, -0.2) is 22.2 Å². The van der Waals surface area contributed by atoms with E-state index in [4.69, 9.17) is 16.3 Å². The van der Waals surface area contributed by atoms with Crippen molar-refractivity contribution in [2.75, 3.05) is 0 Å². The van der Waals surface area contributed by atoms with Gasteiger partial charge in [-0.1, -0.05) is 54.1 Å². The fourth-order valence-electron chi connectivity index (χ4n) is 4.99. The highest BCUT2D eigenvalue weighted by Crippen LogP contribution is 2.53. The molecule has 0 spiro atoms. The molecule has 6 heteroatoms. The van der Waals surface area contributed by atoms with Crippen molar-refractivity contribution in [1.82, 2.24) is 0 Å². The van der Waals surface area contributed by atoms with Crippen molar-refractivity contribution in [1.29, 1.82) is 0 Å². The molecule has 0 fully saturated rings. The monoisotopic (exact) mass is 480 g/mol. The van der Waals surface area contributed by atoms with E-state index in [1.807, 2.05) is 60.7 Å². The number of carboxylic acids is 2. The average molecular weight is 481 g/mol. The van der Waals surface area contributed by atoms with Gasteiger partial charge in [-0.05, 0) is 69.6 Å². The summed E-state index contributed by atoms with van der Waals surface area (Å²) in [6.45, 7) is 0. The number of carbonyl (C=O) groups is 2. The zero-order valence-corrected chi connectivity index (χ0v) is 18.9. The molecule has 1 aliphatic heterocycles. The Morgan fingerprint density at radius 2 is 1.20 bits per heavy atom. The maximum Gasteiger partial charge on any atom is 0.335 e. The van der Waals surface area contributed by atoms with E-state index in [0.717, 1.165) is 38.2 Å². The van der Waals surface area contributed by atoms with Gasteiger partial charge in [-0.15, -0.1) is 0 Å². The van der Waals surface area contributed by atoms with Crippen LogP contribution in [-0.2, 0) is 0 Å². The molecule has 0 aromatic heterocycles. The first-order valence-corrected chi connectivity index (χ1v) is 11.3. The second-order valence-electron chi connectivity index (χ2n) is 8.49. The van der Waals surface area contributed by atoms with Crippen LogP contribution in [0.15, 0.2) is 84.9 Å². The first-order chi connectivity index (χ1) is 16.9. The number of fused-ring (bicyclic) bond motifs is 6. The van der Waals surface area contributed by atoms with Crippen molar-refractivity contribution in [2.24, 2.45) is 0 Å². The summed E-state index contributed by atoms with van der Waals surface area (Å²) in [7, 11) is 0. The summed E-state index contributed by atoms with van der Waals surface area (Å²) >= 11 is 6.73. The van der Waals surface area contributed by atoms with Gasteiger partial charge < -0.3 is 14.9 Å². The fourth-order valence-corrected chi connectivity index (χ4v) is 5.24. The molecule has 6 rings (SSSR count). The number of aromatic carboxylic acids is 2. The Bertz CT molecular complexity index is 1600. The third kappa shape index (κ3) is 3.32. The number of hydrogen-bond donors (Lipinski definition) is 2. The molecular formula is C29H17ClO5. The van der Waals surface area contributed by atoms with Crippen LogP contribution in [0.2, 0.25) is 5.02 Å².